The van der Waals surface area contributed by atoms with Crippen LogP contribution in [0.4, 0.5) is 5.69 Å². The van der Waals surface area contributed by atoms with Crippen molar-refractivity contribution < 1.29 is 4.74 Å². The minimum atomic E-state index is 0.550. The van der Waals surface area contributed by atoms with Crippen molar-refractivity contribution >= 4 is 43.2 Å². The van der Waals surface area contributed by atoms with Crippen molar-refractivity contribution in [1.82, 2.24) is 9.97 Å². The van der Waals surface area contributed by atoms with Gasteiger partial charge in [0.25, 0.3) is 0 Å². The van der Waals surface area contributed by atoms with Gasteiger partial charge in [-0.2, -0.15) is 0 Å². The lowest BCUT2D eigenvalue weighted by molar-refractivity contribution is 0.466. The number of rotatable bonds is 2. The van der Waals surface area contributed by atoms with Gasteiger partial charge < -0.3 is 10.5 Å². The number of nitrogen functional groups attached to an aromatic ring is 1. The molecule has 2 heterocycles. The highest BCUT2D eigenvalue weighted by molar-refractivity contribution is 9.10. The van der Waals surface area contributed by atoms with Crippen molar-refractivity contribution in [3.05, 3.63) is 39.9 Å². The summed E-state index contributed by atoms with van der Waals surface area (Å²) in [5.41, 5.74) is 8.46. The predicted molar refractivity (Wildman–Crippen MR) is 80.8 cm³/mol. The second-order valence-corrected chi connectivity index (χ2v) is 5.80. The smallest absolute Gasteiger partial charge is 0.240 e. The first-order chi connectivity index (χ1) is 9.15. The maximum absolute atomic E-state index is 5.85. The Morgan fingerprint density at radius 3 is 3.00 bits per heavy atom. The van der Waals surface area contributed by atoms with Gasteiger partial charge in [-0.25, -0.2) is 9.97 Å². The molecular weight excluding hydrogens is 326 g/mol. The molecule has 0 saturated carbocycles. The molecule has 0 aliphatic heterocycles. The molecule has 0 atom stereocenters. The number of hydrogen-bond acceptors (Lipinski definition) is 5. The SMILES string of the molecule is Cc1csc2c(Oc3cc(N)ccc3Br)ncnc12. The molecule has 3 aromatic rings. The van der Waals surface area contributed by atoms with E-state index >= 15 is 0 Å². The van der Waals surface area contributed by atoms with Crippen molar-refractivity contribution in [2.75, 3.05) is 5.73 Å². The number of benzene rings is 1. The van der Waals surface area contributed by atoms with Gasteiger partial charge in [-0.05, 0) is 45.9 Å². The standard InChI is InChI=1S/C13H10BrN3OS/c1-7-5-19-12-11(7)16-6-17-13(12)18-10-4-8(15)2-3-9(10)14/h2-6H,15H2,1H3. The first-order valence-electron chi connectivity index (χ1n) is 5.57. The van der Waals surface area contributed by atoms with Crippen molar-refractivity contribution in [3.8, 4) is 11.6 Å². The molecule has 0 radical (unpaired) electrons. The van der Waals surface area contributed by atoms with Gasteiger partial charge in [0.1, 0.15) is 16.8 Å². The van der Waals surface area contributed by atoms with E-state index in [1.807, 2.05) is 24.4 Å². The number of aromatic nitrogens is 2. The lowest BCUT2D eigenvalue weighted by Gasteiger charge is -2.08. The Kier molecular flexibility index (Phi) is 3.12. The normalized spacial score (nSPS) is 10.8. The van der Waals surface area contributed by atoms with E-state index < -0.39 is 0 Å². The summed E-state index contributed by atoms with van der Waals surface area (Å²) in [5, 5.41) is 2.04. The lowest BCUT2D eigenvalue weighted by Crippen LogP contribution is -1.92. The third kappa shape index (κ3) is 2.29. The Morgan fingerprint density at radius 2 is 2.16 bits per heavy atom. The van der Waals surface area contributed by atoms with E-state index in [4.69, 9.17) is 10.5 Å². The van der Waals surface area contributed by atoms with E-state index in [-0.39, 0.29) is 0 Å². The van der Waals surface area contributed by atoms with Crippen LogP contribution in [0.1, 0.15) is 5.56 Å². The first-order valence-corrected chi connectivity index (χ1v) is 7.24. The van der Waals surface area contributed by atoms with Crippen LogP contribution >= 0.6 is 27.3 Å². The van der Waals surface area contributed by atoms with Gasteiger partial charge in [-0.15, -0.1) is 11.3 Å². The zero-order chi connectivity index (χ0) is 13.4. The van der Waals surface area contributed by atoms with Gasteiger partial charge >= 0.3 is 0 Å². The summed E-state index contributed by atoms with van der Waals surface area (Å²) >= 11 is 5.01. The minimum absolute atomic E-state index is 0.550. The molecule has 4 nitrogen and oxygen atoms in total. The number of anilines is 1. The Morgan fingerprint density at radius 1 is 1.32 bits per heavy atom. The van der Waals surface area contributed by atoms with Crippen molar-refractivity contribution in [3.63, 3.8) is 0 Å². The van der Waals surface area contributed by atoms with E-state index in [1.165, 1.54) is 6.33 Å². The molecule has 2 aromatic heterocycles. The summed E-state index contributed by atoms with van der Waals surface area (Å²) < 4.78 is 7.62. The lowest BCUT2D eigenvalue weighted by atomic mass is 10.3. The molecule has 0 amide bonds. The fourth-order valence-corrected chi connectivity index (χ4v) is 2.98. The quantitative estimate of drug-likeness (QED) is 0.715. The van der Waals surface area contributed by atoms with E-state index in [2.05, 4.69) is 25.9 Å². The van der Waals surface area contributed by atoms with Gasteiger partial charge in [-0.3, -0.25) is 0 Å². The third-order valence-corrected chi connectivity index (χ3v) is 4.39. The molecule has 96 valence electrons. The zero-order valence-electron chi connectivity index (χ0n) is 10.1. The fraction of sp³-hybridized carbons (Fsp3) is 0.0769. The van der Waals surface area contributed by atoms with Crippen LogP contribution in [0.15, 0.2) is 34.4 Å². The molecule has 0 fully saturated rings. The van der Waals surface area contributed by atoms with Gasteiger partial charge in [0, 0.05) is 11.8 Å². The highest BCUT2D eigenvalue weighted by Gasteiger charge is 2.11. The van der Waals surface area contributed by atoms with Gasteiger partial charge in [0.2, 0.25) is 5.88 Å². The number of halogens is 1. The predicted octanol–water partition coefficient (Wildman–Crippen LogP) is 4.14. The minimum Gasteiger partial charge on any atom is -0.436 e. The van der Waals surface area contributed by atoms with Crippen molar-refractivity contribution in [2.45, 2.75) is 6.92 Å². The van der Waals surface area contributed by atoms with E-state index in [0.717, 1.165) is 20.3 Å². The summed E-state index contributed by atoms with van der Waals surface area (Å²) in [7, 11) is 0. The van der Waals surface area contributed by atoms with Crippen LogP contribution in [-0.2, 0) is 0 Å². The molecule has 0 unspecified atom stereocenters. The average Bonchev–Trinajstić information content (AvgIpc) is 2.77. The number of hydrogen-bond donors (Lipinski definition) is 1. The summed E-state index contributed by atoms with van der Waals surface area (Å²) in [5.74, 6) is 1.19. The third-order valence-electron chi connectivity index (χ3n) is 2.66. The Labute approximate surface area is 122 Å². The fourth-order valence-electron chi connectivity index (χ4n) is 1.72. The molecule has 0 spiro atoms. The number of fused-ring (bicyclic) bond motifs is 1. The van der Waals surface area contributed by atoms with Crippen molar-refractivity contribution in [1.29, 1.82) is 0 Å². The summed E-state index contributed by atoms with van der Waals surface area (Å²) in [6.07, 6.45) is 1.51. The molecular formula is C13H10BrN3OS. The highest BCUT2D eigenvalue weighted by atomic mass is 79.9. The Hall–Kier alpha value is -1.66. The van der Waals surface area contributed by atoms with Crippen LogP contribution in [-0.4, -0.2) is 9.97 Å². The second kappa shape index (κ2) is 4.79. The molecule has 0 saturated heterocycles. The molecule has 1 aromatic carbocycles. The van der Waals surface area contributed by atoms with Crippen LogP contribution in [0, 0.1) is 6.92 Å². The number of thiophene rings is 1. The summed E-state index contributed by atoms with van der Waals surface area (Å²) in [6.45, 7) is 2.02. The number of nitrogens with zero attached hydrogens (tertiary/aromatic N) is 2. The molecule has 6 heteroatoms. The number of nitrogens with two attached hydrogens (primary N) is 1. The number of ether oxygens (including phenoxy) is 1. The molecule has 0 aliphatic rings. The Bertz CT molecular complexity index is 757. The molecule has 19 heavy (non-hydrogen) atoms. The van der Waals surface area contributed by atoms with E-state index in [1.54, 1.807) is 17.4 Å². The first kappa shape index (κ1) is 12.4. The van der Waals surface area contributed by atoms with Crippen LogP contribution < -0.4 is 10.5 Å². The van der Waals surface area contributed by atoms with Gasteiger partial charge in [0.15, 0.2) is 0 Å². The van der Waals surface area contributed by atoms with E-state index in [0.29, 0.717) is 17.3 Å². The zero-order valence-corrected chi connectivity index (χ0v) is 12.5. The molecule has 0 bridgehead atoms. The average molecular weight is 336 g/mol. The molecule has 2 N–H and O–H groups in total. The summed E-state index contributed by atoms with van der Waals surface area (Å²) in [6, 6.07) is 5.42. The van der Waals surface area contributed by atoms with Crippen LogP contribution in [0.2, 0.25) is 0 Å². The van der Waals surface area contributed by atoms with Gasteiger partial charge in [0.05, 0.1) is 9.99 Å². The molecule has 0 aliphatic carbocycles. The van der Waals surface area contributed by atoms with E-state index in [9.17, 15) is 0 Å². The topological polar surface area (TPSA) is 61.0 Å². The highest BCUT2D eigenvalue weighted by Crippen LogP contribution is 2.36. The van der Waals surface area contributed by atoms with Crippen LogP contribution in [0.3, 0.4) is 0 Å². The Balaban J connectivity index is 2.08. The largest absolute Gasteiger partial charge is 0.436 e. The maximum atomic E-state index is 5.85. The van der Waals surface area contributed by atoms with Gasteiger partial charge in [-0.1, -0.05) is 0 Å². The maximum Gasteiger partial charge on any atom is 0.240 e. The monoisotopic (exact) mass is 335 g/mol. The van der Waals surface area contributed by atoms with Crippen LogP contribution in [0.25, 0.3) is 10.2 Å². The van der Waals surface area contributed by atoms with Crippen molar-refractivity contribution in [2.24, 2.45) is 0 Å². The summed E-state index contributed by atoms with van der Waals surface area (Å²) in [4.78, 5) is 8.47. The van der Waals surface area contributed by atoms with Crippen LogP contribution in [0.5, 0.6) is 11.6 Å². The molecule has 3 rings (SSSR count). The number of aryl methyl sites for hydroxylation is 1. The second-order valence-electron chi connectivity index (χ2n) is 4.07.